The Morgan fingerprint density at radius 1 is 0.875 bits per heavy atom. The van der Waals surface area contributed by atoms with Crippen LogP contribution in [0.2, 0.25) is 0 Å². The zero-order valence-electron chi connectivity index (χ0n) is 9.08. The van der Waals surface area contributed by atoms with E-state index in [1.54, 1.807) is 0 Å². The monoisotopic (exact) mass is 274 g/mol. The van der Waals surface area contributed by atoms with Crippen molar-refractivity contribution in [2.45, 2.75) is 0 Å². The molecule has 98 valence electrons. The van der Waals surface area contributed by atoms with Crippen molar-refractivity contribution in [3.05, 3.63) is 0 Å². The zero-order chi connectivity index (χ0) is 12.1. The second kappa shape index (κ2) is 13.6. The minimum atomic E-state index is -1.04. The van der Waals surface area contributed by atoms with E-state index in [1.807, 2.05) is 0 Å². The zero-order valence-corrected chi connectivity index (χ0v) is 10.9. The highest BCUT2D eigenvalue weighted by Crippen LogP contribution is 2.38. The molecule has 0 aliphatic rings. The number of hydrogen-bond acceptors (Lipinski definition) is 7. The first-order chi connectivity index (χ1) is 7.85. The van der Waals surface area contributed by atoms with Crippen LogP contribution in [0.3, 0.4) is 0 Å². The van der Waals surface area contributed by atoms with Crippen LogP contribution < -0.4 is 0 Å². The molecule has 1 atom stereocenters. The summed E-state index contributed by atoms with van der Waals surface area (Å²) < 4.78 is 20.4. The van der Waals surface area contributed by atoms with E-state index in [0.717, 1.165) is 0 Å². The molecule has 16 heavy (non-hydrogen) atoms. The molecule has 0 spiro atoms. The van der Waals surface area contributed by atoms with Crippen molar-refractivity contribution < 1.29 is 28.7 Å². The maximum absolute atomic E-state index is 8.45. The minimum Gasteiger partial charge on any atom is -0.394 e. The first-order valence-electron chi connectivity index (χ1n) is 4.86. The van der Waals surface area contributed by atoms with Crippen molar-refractivity contribution in [2.75, 3.05) is 51.9 Å². The molecule has 0 aliphatic heterocycles. The molecule has 0 saturated heterocycles. The molecule has 0 aromatic rings. The highest BCUT2D eigenvalue weighted by molar-refractivity contribution is 7.87. The van der Waals surface area contributed by atoms with Gasteiger partial charge in [0.05, 0.1) is 45.1 Å². The quantitative estimate of drug-likeness (QED) is 0.204. The van der Waals surface area contributed by atoms with Gasteiger partial charge in [0.15, 0.2) is 8.38 Å². The van der Waals surface area contributed by atoms with Gasteiger partial charge in [-0.25, -0.2) is 0 Å². The van der Waals surface area contributed by atoms with E-state index < -0.39 is 8.38 Å². The third-order valence-electron chi connectivity index (χ3n) is 1.37. The number of aliphatic hydroxyl groups excluding tert-OH is 2. The summed E-state index contributed by atoms with van der Waals surface area (Å²) in [5, 5.41) is 16.8. The fourth-order valence-corrected chi connectivity index (χ4v) is 2.03. The van der Waals surface area contributed by atoms with Crippen molar-refractivity contribution >= 4 is 21.0 Å². The standard InChI is InChI=1S/C8H19O6PS/c9-1-2-11-3-5-13-15(8-16)14-6-4-12-7-10/h9-10,16H,1-8H2. The highest BCUT2D eigenvalue weighted by Gasteiger charge is 2.07. The summed E-state index contributed by atoms with van der Waals surface area (Å²) in [6.45, 7) is 1.54. The van der Waals surface area contributed by atoms with Crippen LogP contribution in [0.5, 0.6) is 0 Å². The first-order valence-corrected chi connectivity index (χ1v) is 6.86. The van der Waals surface area contributed by atoms with Crippen LogP contribution >= 0.6 is 21.0 Å². The van der Waals surface area contributed by atoms with Crippen LogP contribution in [-0.2, 0) is 18.5 Å². The van der Waals surface area contributed by atoms with Crippen LogP contribution in [0.1, 0.15) is 0 Å². The summed E-state index contributed by atoms with van der Waals surface area (Å²) in [6.07, 6.45) is 0. The average molecular weight is 274 g/mol. The van der Waals surface area contributed by atoms with Gasteiger partial charge < -0.3 is 28.7 Å². The Morgan fingerprint density at radius 2 is 1.50 bits per heavy atom. The lowest BCUT2D eigenvalue weighted by Crippen LogP contribution is -2.08. The van der Waals surface area contributed by atoms with Crippen LogP contribution in [0.4, 0.5) is 0 Å². The molecule has 1 unspecified atom stereocenters. The molecule has 0 radical (unpaired) electrons. The van der Waals surface area contributed by atoms with Crippen LogP contribution in [0, 0.1) is 0 Å². The molecule has 0 heterocycles. The molecule has 0 aromatic heterocycles. The lowest BCUT2D eigenvalue weighted by atomic mass is 10.7. The van der Waals surface area contributed by atoms with Gasteiger partial charge >= 0.3 is 0 Å². The minimum absolute atomic E-state index is 0.0102. The van der Waals surface area contributed by atoms with Gasteiger partial charge in [-0.15, -0.1) is 0 Å². The summed E-state index contributed by atoms with van der Waals surface area (Å²) >= 11 is 4.09. The number of aliphatic hydroxyl groups is 2. The van der Waals surface area contributed by atoms with Gasteiger partial charge in [0.2, 0.25) is 0 Å². The molecule has 0 saturated carbocycles. The van der Waals surface area contributed by atoms with Gasteiger partial charge in [-0.1, -0.05) is 0 Å². The molecule has 0 amide bonds. The molecule has 0 aromatic carbocycles. The van der Waals surface area contributed by atoms with Crippen LogP contribution in [0.25, 0.3) is 0 Å². The van der Waals surface area contributed by atoms with Gasteiger partial charge in [-0.3, -0.25) is 0 Å². The van der Waals surface area contributed by atoms with E-state index in [-0.39, 0.29) is 13.4 Å². The molecule has 6 nitrogen and oxygen atoms in total. The van der Waals surface area contributed by atoms with Gasteiger partial charge in [0.1, 0.15) is 6.79 Å². The number of hydrogen-bond donors (Lipinski definition) is 3. The molecule has 0 aliphatic carbocycles. The number of rotatable bonds is 12. The predicted octanol–water partition coefficient (Wildman–Crippen LogP) is 0.194. The Kier molecular flexibility index (Phi) is 14.1. The van der Waals surface area contributed by atoms with Crippen molar-refractivity contribution in [1.82, 2.24) is 0 Å². The van der Waals surface area contributed by atoms with E-state index in [2.05, 4.69) is 12.6 Å². The largest absolute Gasteiger partial charge is 0.394 e. The van der Waals surface area contributed by atoms with Gasteiger partial charge in [0, 0.05) is 0 Å². The van der Waals surface area contributed by atoms with Crippen molar-refractivity contribution in [3.63, 3.8) is 0 Å². The van der Waals surface area contributed by atoms with Crippen LogP contribution in [-0.4, -0.2) is 62.1 Å². The fourth-order valence-electron chi connectivity index (χ4n) is 0.746. The lowest BCUT2D eigenvalue weighted by molar-refractivity contribution is -0.0132. The molecular weight excluding hydrogens is 255 g/mol. The molecule has 2 N–H and O–H groups in total. The van der Waals surface area contributed by atoms with Gasteiger partial charge in [-0.05, 0) is 0 Å². The normalized spacial score (nSPS) is 12.9. The maximum Gasteiger partial charge on any atom is 0.180 e. The lowest BCUT2D eigenvalue weighted by Gasteiger charge is -2.15. The Hall–Kier alpha value is 0.540. The molecular formula is C8H19O6PS. The summed E-state index contributed by atoms with van der Waals surface area (Å²) in [4.78, 5) is 0. The second-order valence-corrected chi connectivity index (χ2v) is 4.83. The summed E-state index contributed by atoms with van der Waals surface area (Å²) in [5.41, 5.74) is 0.495. The van der Waals surface area contributed by atoms with Crippen molar-refractivity contribution in [1.29, 1.82) is 0 Å². The third kappa shape index (κ3) is 11.0. The SMILES string of the molecule is OCCOCCOP(CS)OCCOCO. The van der Waals surface area contributed by atoms with Crippen molar-refractivity contribution in [2.24, 2.45) is 0 Å². The third-order valence-corrected chi connectivity index (χ3v) is 3.23. The molecule has 8 heteroatoms. The summed E-state index contributed by atoms with van der Waals surface area (Å²) in [7, 11) is -1.04. The Balaban J connectivity index is 3.29. The smallest absolute Gasteiger partial charge is 0.180 e. The van der Waals surface area contributed by atoms with Crippen LogP contribution in [0.15, 0.2) is 0 Å². The van der Waals surface area contributed by atoms with Crippen molar-refractivity contribution in [3.8, 4) is 0 Å². The van der Waals surface area contributed by atoms with E-state index in [1.165, 1.54) is 0 Å². The predicted molar refractivity (Wildman–Crippen MR) is 63.6 cm³/mol. The molecule has 0 bridgehead atoms. The summed E-state index contributed by atoms with van der Waals surface area (Å²) in [6, 6.07) is 0. The highest BCUT2D eigenvalue weighted by atomic mass is 32.1. The first kappa shape index (κ1) is 16.5. The maximum atomic E-state index is 8.45. The molecule has 0 fully saturated rings. The van der Waals surface area contributed by atoms with E-state index in [9.17, 15) is 0 Å². The number of thiol groups is 1. The average Bonchev–Trinajstić information content (AvgIpc) is 2.31. The second-order valence-electron chi connectivity index (χ2n) is 2.51. The van der Waals surface area contributed by atoms with Gasteiger partial charge in [-0.2, -0.15) is 12.6 Å². The Labute approximate surface area is 102 Å². The topological polar surface area (TPSA) is 77.4 Å². The molecule has 0 rings (SSSR count). The van der Waals surface area contributed by atoms with E-state index >= 15 is 0 Å². The fraction of sp³-hybridized carbons (Fsp3) is 1.00. The van der Waals surface area contributed by atoms with E-state index in [0.29, 0.717) is 38.5 Å². The summed E-state index contributed by atoms with van der Waals surface area (Å²) in [5.74, 6) is 0. The Morgan fingerprint density at radius 3 is 2.00 bits per heavy atom. The number of ether oxygens (including phenoxy) is 2. The van der Waals surface area contributed by atoms with Gasteiger partial charge in [0.25, 0.3) is 0 Å². The Bertz CT molecular complexity index is 142. The van der Waals surface area contributed by atoms with E-state index in [4.69, 9.17) is 28.7 Å².